The lowest BCUT2D eigenvalue weighted by molar-refractivity contribution is 0.110. The largest absolute Gasteiger partial charge is 0.490 e. The number of para-hydroxylation sites is 2. The highest BCUT2D eigenvalue weighted by molar-refractivity contribution is 7.80. The topological polar surface area (TPSA) is 27.7 Å². The van der Waals surface area contributed by atoms with E-state index in [9.17, 15) is 0 Å². The summed E-state index contributed by atoms with van der Waals surface area (Å²) in [4.78, 5) is 0. The minimum Gasteiger partial charge on any atom is -0.490 e. The summed E-state index contributed by atoms with van der Waals surface area (Å²) in [5.41, 5.74) is 0. The molecule has 0 aliphatic carbocycles. The van der Waals surface area contributed by atoms with Crippen molar-refractivity contribution in [2.75, 3.05) is 32.2 Å². The van der Waals surface area contributed by atoms with Gasteiger partial charge in [-0.1, -0.05) is 19.1 Å². The van der Waals surface area contributed by atoms with Gasteiger partial charge in [-0.3, -0.25) is 0 Å². The minimum atomic E-state index is 0.528. The number of hydrogen-bond donors (Lipinski definition) is 1. The number of hydrogen-bond acceptors (Lipinski definition) is 4. The van der Waals surface area contributed by atoms with Gasteiger partial charge in [0.1, 0.15) is 6.61 Å². The van der Waals surface area contributed by atoms with Gasteiger partial charge in [-0.05, 0) is 18.6 Å². The fourth-order valence-electron chi connectivity index (χ4n) is 1.28. The van der Waals surface area contributed by atoms with Crippen LogP contribution in [0.4, 0.5) is 0 Å². The molecule has 0 saturated carbocycles. The van der Waals surface area contributed by atoms with Crippen molar-refractivity contribution in [1.29, 1.82) is 0 Å². The van der Waals surface area contributed by atoms with E-state index in [-0.39, 0.29) is 0 Å². The second-order valence-corrected chi connectivity index (χ2v) is 3.93. The van der Waals surface area contributed by atoms with Crippen molar-refractivity contribution in [1.82, 2.24) is 0 Å². The predicted octanol–water partition coefficient (Wildman–Crippen LogP) is 2.80. The first-order valence-corrected chi connectivity index (χ1v) is 6.55. The summed E-state index contributed by atoms with van der Waals surface area (Å²) < 4.78 is 16.5. The predicted molar refractivity (Wildman–Crippen MR) is 72.4 cm³/mol. The first kappa shape index (κ1) is 14.2. The molecule has 0 N–H and O–H groups in total. The first-order valence-electron chi connectivity index (χ1n) is 5.91. The van der Waals surface area contributed by atoms with Crippen molar-refractivity contribution in [2.24, 2.45) is 0 Å². The van der Waals surface area contributed by atoms with Crippen LogP contribution < -0.4 is 9.47 Å². The van der Waals surface area contributed by atoms with E-state index in [4.69, 9.17) is 14.2 Å². The van der Waals surface area contributed by atoms with Gasteiger partial charge in [-0.2, -0.15) is 12.6 Å². The summed E-state index contributed by atoms with van der Waals surface area (Å²) in [7, 11) is 0. The molecule has 1 aromatic carbocycles. The van der Waals surface area contributed by atoms with E-state index < -0.39 is 0 Å². The highest BCUT2D eigenvalue weighted by Crippen LogP contribution is 2.26. The molecule has 1 aromatic rings. The molecule has 96 valence electrons. The third kappa shape index (κ3) is 5.84. The molecule has 0 spiro atoms. The lowest BCUT2D eigenvalue weighted by Gasteiger charge is -2.12. The maximum Gasteiger partial charge on any atom is 0.161 e. The molecule has 1 rings (SSSR count). The Balaban J connectivity index is 2.35. The second-order valence-electron chi connectivity index (χ2n) is 3.48. The minimum absolute atomic E-state index is 0.528. The van der Waals surface area contributed by atoms with Gasteiger partial charge in [0.2, 0.25) is 0 Å². The molecule has 0 aliphatic heterocycles. The van der Waals surface area contributed by atoms with Gasteiger partial charge in [0, 0.05) is 5.75 Å². The molecule has 17 heavy (non-hydrogen) atoms. The molecule has 0 unspecified atom stereocenters. The maximum atomic E-state index is 5.61. The molecule has 0 aliphatic rings. The molecule has 0 aromatic heterocycles. The average molecular weight is 256 g/mol. The third-order valence-corrected chi connectivity index (χ3v) is 2.21. The van der Waals surface area contributed by atoms with E-state index in [0.717, 1.165) is 23.7 Å². The van der Waals surface area contributed by atoms with Crippen LogP contribution in [0.1, 0.15) is 13.3 Å². The van der Waals surface area contributed by atoms with Crippen LogP contribution in [0.25, 0.3) is 0 Å². The van der Waals surface area contributed by atoms with Crippen LogP contribution in [-0.2, 0) is 4.74 Å². The van der Waals surface area contributed by atoms with Crippen LogP contribution in [0.3, 0.4) is 0 Å². The van der Waals surface area contributed by atoms with Gasteiger partial charge in [0.15, 0.2) is 11.5 Å². The lowest BCUT2D eigenvalue weighted by atomic mass is 10.3. The van der Waals surface area contributed by atoms with Crippen LogP contribution in [0, 0.1) is 0 Å². The molecular formula is C13H20O3S. The van der Waals surface area contributed by atoms with Crippen LogP contribution in [0.5, 0.6) is 11.5 Å². The molecule has 0 fully saturated rings. The molecular weight excluding hydrogens is 236 g/mol. The summed E-state index contributed by atoms with van der Waals surface area (Å²) in [5, 5.41) is 0. The Kier molecular flexibility index (Phi) is 7.67. The van der Waals surface area contributed by atoms with Crippen LogP contribution in [0.2, 0.25) is 0 Å². The normalized spacial score (nSPS) is 10.2. The van der Waals surface area contributed by atoms with Crippen LogP contribution in [0.15, 0.2) is 24.3 Å². The summed E-state index contributed by atoms with van der Waals surface area (Å²) in [6.07, 6.45) is 0.986. The summed E-state index contributed by atoms with van der Waals surface area (Å²) in [6.45, 7) is 4.54. The summed E-state index contributed by atoms with van der Waals surface area (Å²) >= 11 is 4.06. The Morgan fingerprint density at radius 1 is 0.941 bits per heavy atom. The molecule has 3 nitrogen and oxygen atoms in total. The molecule has 0 saturated heterocycles. The van der Waals surface area contributed by atoms with Crippen molar-refractivity contribution in [3.8, 4) is 11.5 Å². The molecule has 0 radical (unpaired) electrons. The van der Waals surface area contributed by atoms with Crippen molar-refractivity contribution in [3.63, 3.8) is 0 Å². The van der Waals surface area contributed by atoms with Crippen molar-refractivity contribution in [2.45, 2.75) is 13.3 Å². The SMILES string of the molecule is CCCOc1ccccc1OCCOCCS. The van der Waals surface area contributed by atoms with E-state index in [0.29, 0.717) is 26.4 Å². The smallest absolute Gasteiger partial charge is 0.161 e. The first-order chi connectivity index (χ1) is 8.38. The van der Waals surface area contributed by atoms with E-state index in [1.165, 1.54) is 0 Å². The van der Waals surface area contributed by atoms with Crippen molar-refractivity contribution in [3.05, 3.63) is 24.3 Å². The zero-order chi connectivity index (χ0) is 12.3. The van der Waals surface area contributed by atoms with Gasteiger partial charge < -0.3 is 14.2 Å². The zero-order valence-corrected chi connectivity index (χ0v) is 11.1. The lowest BCUT2D eigenvalue weighted by Crippen LogP contribution is -2.09. The number of rotatable bonds is 9. The van der Waals surface area contributed by atoms with Crippen LogP contribution in [-0.4, -0.2) is 32.2 Å². The Labute approximate surface area is 108 Å². The Morgan fingerprint density at radius 3 is 2.18 bits per heavy atom. The van der Waals surface area contributed by atoms with Gasteiger partial charge in [-0.15, -0.1) is 0 Å². The Hall–Kier alpha value is -0.870. The summed E-state index contributed by atoms with van der Waals surface area (Å²) in [6, 6.07) is 7.70. The Bertz CT molecular complexity index is 304. The fraction of sp³-hybridized carbons (Fsp3) is 0.538. The van der Waals surface area contributed by atoms with E-state index >= 15 is 0 Å². The molecule has 0 amide bonds. The van der Waals surface area contributed by atoms with Crippen molar-refractivity contribution < 1.29 is 14.2 Å². The van der Waals surface area contributed by atoms with Crippen LogP contribution >= 0.6 is 12.6 Å². The molecule has 0 atom stereocenters. The van der Waals surface area contributed by atoms with Crippen molar-refractivity contribution >= 4 is 12.6 Å². The average Bonchev–Trinajstić information content (AvgIpc) is 2.37. The van der Waals surface area contributed by atoms with Gasteiger partial charge in [-0.25, -0.2) is 0 Å². The molecule has 0 heterocycles. The fourth-order valence-corrected chi connectivity index (χ4v) is 1.41. The van der Waals surface area contributed by atoms with E-state index in [1.807, 2.05) is 24.3 Å². The van der Waals surface area contributed by atoms with E-state index in [2.05, 4.69) is 19.6 Å². The molecule has 0 bridgehead atoms. The monoisotopic (exact) mass is 256 g/mol. The van der Waals surface area contributed by atoms with Gasteiger partial charge >= 0.3 is 0 Å². The zero-order valence-electron chi connectivity index (χ0n) is 10.2. The second kappa shape index (κ2) is 9.19. The quantitative estimate of drug-likeness (QED) is 0.544. The summed E-state index contributed by atoms with van der Waals surface area (Å²) in [5.74, 6) is 2.30. The maximum absolute atomic E-state index is 5.61. The number of ether oxygens (including phenoxy) is 3. The highest BCUT2D eigenvalue weighted by atomic mass is 32.1. The van der Waals surface area contributed by atoms with Gasteiger partial charge in [0.25, 0.3) is 0 Å². The van der Waals surface area contributed by atoms with Gasteiger partial charge in [0.05, 0.1) is 19.8 Å². The third-order valence-electron chi connectivity index (χ3n) is 2.03. The van der Waals surface area contributed by atoms with E-state index in [1.54, 1.807) is 0 Å². The highest BCUT2D eigenvalue weighted by Gasteiger charge is 2.03. The number of thiol groups is 1. The standard InChI is InChI=1S/C13H20O3S/c1-2-7-15-12-5-3-4-6-13(12)16-9-8-14-10-11-17/h3-6,17H,2,7-11H2,1H3. The molecule has 4 heteroatoms. The Morgan fingerprint density at radius 2 is 1.59 bits per heavy atom. The number of benzene rings is 1.